The van der Waals surface area contributed by atoms with E-state index in [0.29, 0.717) is 11.1 Å². The number of amides is 2. The molecule has 0 atom stereocenters. The van der Waals surface area contributed by atoms with E-state index in [1.807, 2.05) is 0 Å². The van der Waals surface area contributed by atoms with Crippen LogP contribution in [0.3, 0.4) is 0 Å². The second kappa shape index (κ2) is 4.14. The van der Waals surface area contributed by atoms with E-state index in [9.17, 15) is 4.79 Å². The Morgan fingerprint density at radius 2 is 2.50 bits per heavy atom. The Morgan fingerprint density at radius 1 is 1.57 bits per heavy atom. The molecule has 6 nitrogen and oxygen atoms in total. The minimum absolute atomic E-state index is 0.311. The summed E-state index contributed by atoms with van der Waals surface area (Å²) < 4.78 is 4.70. The number of carbonyl (C=O) groups excluding carboxylic acids is 1. The van der Waals surface area contributed by atoms with Gasteiger partial charge in [-0.05, 0) is 0 Å². The number of urea groups is 1. The fourth-order valence-corrected chi connectivity index (χ4v) is 1.65. The molecule has 1 aliphatic heterocycles. The third-order valence-corrected chi connectivity index (χ3v) is 2.37. The van der Waals surface area contributed by atoms with Gasteiger partial charge in [0.2, 0.25) is 5.88 Å². The van der Waals surface area contributed by atoms with Crippen molar-refractivity contribution in [3.8, 4) is 0 Å². The van der Waals surface area contributed by atoms with Crippen molar-refractivity contribution in [2.75, 3.05) is 17.6 Å². The Labute approximate surface area is 84.1 Å². The lowest BCUT2D eigenvalue weighted by molar-refractivity contribution is 0.255. The molecule has 2 heterocycles. The fraction of sp³-hybridized carbons (Fsp3) is 0.286. The van der Waals surface area contributed by atoms with Crippen LogP contribution < -0.4 is 10.6 Å². The van der Waals surface area contributed by atoms with Crippen LogP contribution in [-0.4, -0.2) is 28.7 Å². The first kappa shape index (κ1) is 9.07. The number of hydrogen-bond acceptors (Lipinski definition) is 5. The molecule has 7 heteroatoms. The highest BCUT2D eigenvalue weighted by Crippen LogP contribution is 2.09. The van der Waals surface area contributed by atoms with Gasteiger partial charge in [0.1, 0.15) is 0 Å². The van der Waals surface area contributed by atoms with Gasteiger partial charge in [-0.1, -0.05) is 16.9 Å². The minimum Gasteiger partial charge on any atom is -0.338 e. The molecule has 2 N–H and O–H groups in total. The van der Waals surface area contributed by atoms with Crippen molar-refractivity contribution in [1.29, 1.82) is 0 Å². The maximum Gasteiger partial charge on any atom is 0.327 e. The lowest BCUT2D eigenvalue weighted by atomic mass is 10.6. The molecule has 0 saturated heterocycles. The Balaban J connectivity index is 1.84. The summed E-state index contributed by atoms with van der Waals surface area (Å²) >= 11 is 1.52. The number of hydrogen-bond donors (Lipinski definition) is 2. The zero-order valence-electron chi connectivity index (χ0n) is 7.19. The predicted octanol–water partition coefficient (Wildman–Crippen LogP) is 0.899. The van der Waals surface area contributed by atoms with E-state index >= 15 is 0 Å². The average Bonchev–Trinajstić information content (AvgIpc) is 2.76. The molecular formula is C7H8N4O2S. The van der Waals surface area contributed by atoms with Crippen LogP contribution in [0.2, 0.25) is 0 Å². The number of amidine groups is 1. The molecular weight excluding hydrogens is 204 g/mol. The first-order valence-electron chi connectivity index (χ1n) is 4.00. The summed E-state index contributed by atoms with van der Waals surface area (Å²) in [6.07, 6.45) is 1.46. The smallest absolute Gasteiger partial charge is 0.327 e. The number of thioether (sulfide) groups is 1. The van der Waals surface area contributed by atoms with Crippen molar-refractivity contribution < 1.29 is 9.32 Å². The number of aliphatic imine (C=N–C) groups is 1. The number of nitrogens with zero attached hydrogens (tertiary/aromatic N) is 2. The topological polar surface area (TPSA) is 79.5 Å². The van der Waals surface area contributed by atoms with Crippen LogP contribution in [0.1, 0.15) is 0 Å². The van der Waals surface area contributed by atoms with Gasteiger partial charge in [0.05, 0.1) is 12.7 Å². The first-order valence-corrected chi connectivity index (χ1v) is 4.99. The number of anilines is 1. The van der Waals surface area contributed by atoms with Crippen molar-refractivity contribution >= 4 is 28.8 Å². The highest BCUT2D eigenvalue weighted by molar-refractivity contribution is 8.14. The van der Waals surface area contributed by atoms with Crippen molar-refractivity contribution in [3.63, 3.8) is 0 Å². The molecule has 0 aromatic carbocycles. The molecule has 0 unspecified atom stereocenters. The lowest BCUT2D eigenvalue weighted by Gasteiger charge is -2.02. The summed E-state index contributed by atoms with van der Waals surface area (Å²) in [6.45, 7) is 0.753. The highest BCUT2D eigenvalue weighted by Gasteiger charge is 2.11. The standard InChI is InChI=1S/C7H8N4O2S/c12-6(10-5-1-2-9-13-5)11-7-8-3-4-14-7/h1-2H,3-4H2,(H2,8,10,11,12). The molecule has 0 saturated carbocycles. The zero-order valence-corrected chi connectivity index (χ0v) is 8.00. The third-order valence-electron chi connectivity index (χ3n) is 1.48. The van der Waals surface area contributed by atoms with Gasteiger partial charge in [-0.3, -0.25) is 15.6 Å². The molecule has 0 aliphatic carbocycles. The van der Waals surface area contributed by atoms with E-state index in [4.69, 9.17) is 4.52 Å². The minimum atomic E-state index is -0.366. The van der Waals surface area contributed by atoms with Crippen LogP contribution in [0.4, 0.5) is 10.7 Å². The normalized spacial score (nSPS) is 15.0. The maximum atomic E-state index is 11.3. The second-order valence-corrected chi connectivity index (χ2v) is 3.57. The first-order chi connectivity index (χ1) is 6.84. The van der Waals surface area contributed by atoms with Gasteiger partial charge >= 0.3 is 6.03 Å². The summed E-state index contributed by atoms with van der Waals surface area (Å²) in [4.78, 5) is 15.3. The maximum absolute atomic E-state index is 11.3. The van der Waals surface area contributed by atoms with Gasteiger partial charge in [-0.25, -0.2) is 4.79 Å². The molecule has 2 amide bonds. The number of aromatic nitrogens is 1. The van der Waals surface area contributed by atoms with Crippen LogP contribution in [0.5, 0.6) is 0 Å². The molecule has 1 aliphatic rings. The SMILES string of the molecule is O=C(NC1=NCCS1)Nc1ccno1. The molecule has 14 heavy (non-hydrogen) atoms. The summed E-state index contributed by atoms with van der Waals surface area (Å²) in [5.74, 6) is 1.23. The Bertz CT molecular complexity index is 349. The van der Waals surface area contributed by atoms with Gasteiger partial charge in [0.25, 0.3) is 0 Å². The van der Waals surface area contributed by atoms with E-state index < -0.39 is 0 Å². The third kappa shape index (κ3) is 2.25. The molecule has 1 aromatic rings. The van der Waals surface area contributed by atoms with Crippen LogP contribution in [0, 0.1) is 0 Å². The molecule has 1 aromatic heterocycles. The molecule has 0 spiro atoms. The van der Waals surface area contributed by atoms with Gasteiger partial charge in [0, 0.05) is 11.8 Å². The van der Waals surface area contributed by atoms with E-state index in [0.717, 1.165) is 12.3 Å². The number of carbonyl (C=O) groups is 1. The summed E-state index contributed by atoms with van der Waals surface area (Å²) in [5.41, 5.74) is 0. The quantitative estimate of drug-likeness (QED) is 0.724. The Morgan fingerprint density at radius 3 is 3.14 bits per heavy atom. The van der Waals surface area contributed by atoms with Crippen LogP contribution in [-0.2, 0) is 0 Å². The number of nitrogens with one attached hydrogen (secondary N) is 2. The van der Waals surface area contributed by atoms with Gasteiger partial charge < -0.3 is 4.52 Å². The van der Waals surface area contributed by atoms with E-state index in [-0.39, 0.29) is 6.03 Å². The molecule has 2 rings (SSSR count). The largest absolute Gasteiger partial charge is 0.338 e. The molecule has 0 bridgehead atoms. The molecule has 0 radical (unpaired) electrons. The summed E-state index contributed by atoms with van der Waals surface area (Å²) in [6, 6.07) is 1.19. The Kier molecular flexibility index (Phi) is 2.68. The summed E-state index contributed by atoms with van der Waals surface area (Å²) in [7, 11) is 0. The van der Waals surface area contributed by atoms with Crippen molar-refractivity contribution in [3.05, 3.63) is 12.3 Å². The predicted molar refractivity (Wildman–Crippen MR) is 53.4 cm³/mol. The van der Waals surface area contributed by atoms with E-state index in [1.165, 1.54) is 18.0 Å². The van der Waals surface area contributed by atoms with Crippen molar-refractivity contribution in [2.45, 2.75) is 0 Å². The van der Waals surface area contributed by atoms with Gasteiger partial charge in [-0.2, -0.15) is 0 Å². The monoisotopic (exact) mass is 212 g/mol. The van der Waals surface area contributed by atoms with Gasteiger partial charge in [0.15, 0.2) is 5.17 Å². The molecule has 0 fully saturated rings. The van der Waals surface area contributed by atoms with Crippen molar-refractivity contribution in [2.24, 2.45) is 4.99 Å². The van der Waals surface area contributed by atoms with Crippen LogP contribution >= 0.6 is 11.8 Å². The lowest BCUT2D eigenvalue weighted by Crippen LogP contribution is -2.31. The fourth-order valence-electron chi connectivity index (χ4n) is 0.931. The molecule has 74 valence electrons. The van der Waals surface area contributed by atoms with Crippen LogP contribution in [0.25, 0.3) is 0 Å². The highest BCUT2D eigenvalue weighted by atomic mass is 32.2. The summed E-state index contributed by atoms with van der Waals surface area (Å²) in [5, 5.41) is 9.16. The number of rotatable bonds is 1. The van der Waals surface area contributed by atoms with Gasteiger partial charge in [-0.15, -0.1) is 0 Å². The Hall–Kier alpha value is -1.50. The van der Waals surface area contributed by atoms with Crippen LogP contribution in [0.15, 0.2) is 21.8 Å². The van der Waals surface area contributed by atoms with Crippen molar-refractivity contribution in [1.82, 2.24) is 10.5 Å². The van der Waals surface area contributed by atoms with E-state index in [2.05, 4.69) is 20.8 Å². The zero-order chi connectivity index (χ0) is 9.80. The van der Waals surface area contributed by atoms with E-state index in [1.54, 1.807) is 6.07 Å². The average molecular weight is 212 g/mol. The second-order valence-electron chi connectivity index (χ2n) is 2.49.